The Bertz CT molecular complexity index is 1250. The Hall–Kier alpha value is -3.60. The van der Waals surface area contributed by atoms with Gasteiger partial charge >= 0.3 is 0 Å². The summed E-state index contributed by atoms with van der Waals surface area (Å²) >= 11 is 0. The van der Waals surface area contributed by atoms with Crippen LogP contribution in [0.2, 0.25) is 0 Å². The van der Waals surface area contributed by atoms with Gasteiger partial charge in [0.05, 0.1) is 17.8 Å². The van der Waals surface area contributed by atoms with Gasteiger partial charge in [-0.25, -0.2) is 18.8 Å². The molecule has 3 N–H and O–H groups in total. The number of nitrogens with zero attached hydrogens (tertiary/aromatic N) is 3. The Kier molecular flexibility index (Phi) is 8.42. The highest BCUT2D eigenvalue weighted by Gasteiger charge is 2.17. The highest BCUT2D eigenvalue weighted by Crippen LogP contribution is 2.25. The van der Waals surface area contributed by atoms with Crippen LogP contribution in [0.5, 0.6) is 5.75 Å². The van der Waals surface area contributed by atoms with Crippen LogP contribution in [-0.4, -0.2) is 63.4 Å². The Labute approximate surface area is 212 Å². The summed E-state index contributed by atoms with van der Waals surface area (Å²) < 4.78 is 28.5. The van der Waals surface area contributed by atoms with Crippen molar-refractivity contribution in [2.24, 2.45) is 4.99 Å². The molecule has 0 amide bonds. The van der Waals surface area contributed by atoms with Crippen molar-refractivity contribution in [2.75, 3.05) is 44.0 Å². The van der Waals surface area contributed by atoms with E-state index < -0.39 is 9.84 Å². The van der Waals surface area contributed by atoms with Crippen LogP contribution in [0.15, 0.2) is 95.2 Å². The average Bonchev–Trinajstić information content (AvgIpc) is 2.87. The average molecular weight is 509 g/mol. The van der Waals surface area contributed by atoms with Crippen molar-refractivity contribution in [3.63, 3.8) is 0 Å². The number of allylic oxidation sites excluding steroid dienone is 1. The van der Waals surface area contributed by atoms with Gasteiger partial charge in [-0.15, -0.1) is 0 Å². The molecule has 36 heavy (non-hydrogen) atoms. The van der Waals surface area contributed by atoms with E-state index in [-0.39, 0.29) is 5.75 Å². The maximum atomic E-state index is 11.3. The minimum Gasteiger partial charge on any atom is -0.489 e. The number of hydrazine groups is 1. The van der Waals surface area contributed by atoms with Crippen LogP contribution < -0.4 is 20.8 Å². The molecule has 0 atom stereocenters. The van der Waals surface area contributed by atoms with Gasteiger partial charge in [0.15, 0.2) is 0 Å². The third kappa shape index (κ3) is 7.70. The maximum Gasteiger partial charge on any atom is 0.148 e. The number of ether oxygens (including phenoxy) is 1. The quantitative estimate of drug-likeness (QED) is 0.403. The highest BCUT2D eigenvalue weighted by atomic mass is 32.2. The molecule has 0 bridgehead atoms. The van der Waals surface area contributed by atoms with Crippen molar-refractivity contribution < 1.29 is 13.2 Å². The van der Waals surface area contributed by atoms with Gasteiger partial charge in [0.1, 0.15) is 28.0 Å². The second kappa shape index (κ2) is 11.9. The van der Waals surface area contributed by atoms with Crippen LogP contribution in [0.4, 0.5) is 5.69 Å². The summed E-state index contributed by atoms with van der Waals surface area (Å²) in [6.45, 7) is 2.43. The third-order valence-corrected chi connectivity index (χ3v) is 6.55. The molecule has 2 aliphatic heterocycles. The molecule has 0 fully saturated rings. The lowest BCUT2D eigenvalue weighted by Gasteiger charge is -2.27. The first-order chi connectivity index (χ1) is 17.4. The lowest BCUT2D eigenvalue weighted by Crippen LogP contribution is -2.39. The number of anilines is 1. The molecule has 9 nitrogen and oxygen atoms in total. The number of hydrogen-bond acceptors (Lipinski definition) is 9. The smallest absolute Gasteiger partial charge is 0.148 e. The summed E-state index contributed by atoms with van der Waals surface area (Å²) in [6, 6.07) is 17.9. The highest BCUT2D eigenvalue weighted by molar-refractivity contribution is 7.90. The van der Waals surface area contributed by atoms with Crippen molar-refractivity contribution in [3.05, 3.63) is 95.7 Å². The van der Waals surface area contributed by atoms with Gasteiger partial charge in [-0.3, -0.25) is 5.01 Å². The molecule has 2 heterocycles. The van der Waals surface area contributed by atoms with Crippen LogP contribution in [-0.2, 0) is 16.4 Å². The van der Waals surface area contributed by atoms with Crippen molar-refractivity contribution in [3.8, 4) is 5.75 Å². The van der Waals surface area contributed by atoms with E-state index in [1.54, 1.807) is 6.34 Å². The molecule has 0 radical (unpaired) electrons. The van der Waals surface area contributed by atoms with Crippen LogP contribution in [0, 0.1) is 0 Å². The molecule has 0 saturated heterocycles. The fourth-order valence-electron chi connectivity index (χ4n) is 3.57. The van der Waals surface area contributed by atoms with Gasteiger partial charge in [0, 0.05) is 49.6 Å². The predicted molar refractivity (Wildman–Crippen MR) is 144 cm³/mol. The molecule has 2 aromatic rings. The maximum absolute atomic E-state index is 11.3. The number of hydrogen-bond donors (Lipinski definition) is 3. The van der Waals surface area contributed by atoms with E-state index in [1.807, 2.05) is 90.0 Å². The SMILES string of the molecule is CN(CCNN1C=CC2=C(Nc3ccc(OCc4ccccc4)cc3)N=CNC2=C1)CCS(C)(=O)=O. The first-order valence-electron chi connectivity index (χ1n) is 11.7. The first kappa shape index (κ1) is 25.5. The fraction of sp³-hybridized carbons (Fsp3) is 0.269. The lowest BCUT2D eigenvalue weighted by molar-refractivity contribution is 0.294. The summed E-state index contributed by atoms with van der Waals surface area (Å²) in [5.74, 6) is 1.71. The van der Waals surface area contributed by atoms with Gasteiger partial charge < -0.3 is 20.3 Å². The molecule has 4 rings (SSSR count). The fourth-order valence-corrected chi connectivity index (χ4v) is 4.21. The van der Waals surface area contributed by atoms with E-state index in [0.717, 1.165) is 40.6 Å². The largest absolute Gasteiger partial charge is 0.489 e. The second-order valence-corrected chi connectivity index (χ2v) is 11.0. The summed E-state index contributed by atoms with van der Waals surface area (Å²) in [6.07, 6.45) is 8.79. The summed E-state index contributed by atoms with van der Waals surface area (Å²) in [7, 11) is -1.04. The van der Waals surface area contributed by atoms with Gasteiger partial charge in [0.2, 0.25) is 0 Å². The van der Waals surface area contributed by atoms with Crippen molar-refractivity contribution in [1.29, 1.82) is 0 Å². The molecule has 0 aliphatic carbocycles. The minimum absolute atomic E-state index is 0.161. The zero-order chi connectivity index (χ0) is 25.4. The van der Waals surface area contributed by atoms with Crippen molar-refractivity contribution in [2.45, 2.75) is 6.61 Å². The number of aliphatic imine (C=N–C) groups is 1. The van der Waals surface area contributed by atoms with E-state index in [4.69, 9.17) is 4.74 Å². The van der Waals surface area contributed by atoms with Crippen LogP contribution >= 0.6 is 0 Å². The number of likely N-dealkylation sites (N-methyl/N-ethyl adjacent to an activating group) is 1. The molecule has 0 spiro atoms. The Morgan fingerprint density at radius 1 is 1.08 bits per heavy atom. The molecular weight excluding hydrogens is 476 g/mol. The number of benzene rings is 2. The Balaban J connectivity index is 1.29. The van der Waals surface area contributed by atoms with Crippen molar-refractivity contribution >= 4 is 21.9 Å². The molecular formula is C26H32N6O3S. The normalized spacial score (nSPS) is 15.0. The van der Waals surface area contributed by atoms with Crippen LogP contribution in [0.1, 0.15) is 5.56 Å². The van der Waals surface area contributed by atoms with Gasteiger partial charge in [-0.05, 0) is 43.0 Å². The summed E-state index contributed by atoms with van der Waals surface area (Å²) in [4.78, 5) is 6.46. The molecule has 190 valence electrons. The summed E-state index contributed by atoms with van der Waals surface area (Å²) in [5.41, 5.74) is 7.21. The topological polar surface area (TPSA) is 98.3 Å². The minimum atomic E-state index is -2.95. The number of rotatable bonds is 12. The molecule has 0 aromatic heterocycles. The van der Waals surface area contributed by atoms with E-state index in [9.17, 15) is 8.42 Å². The third-order valence-electron chi connectivity index (χ3n) is 5.63. The van der Waals surface area contributed by atoms with Crippen LogP contribution in [0.25, 0.3) is 0 Å². The molecule has 0 unspecified atom stereocenters. The first-order valence-corrected chi connectivity index (χ1v) is 13.8. The Morgan fingerprint density at radius 2 is 1.86 bits per heavy atom. The number of fused-ring (bicyclic) bond motifs is 1. The molecule has 2 aromatic carbocycles. The Morgan fingerprint density at radius 3 is 2.61 bits per heavy atom. The van der Waals surface area contributed by atoms with E-state index >= 15 is 0 Å². The lowest BCUT2D eigenvalue weighted by atomic mass is 10.1. The standard InChI is InChI=1S/C26H32N6O3S/c1-31(16-17-36(2,33)34)15-13-29-32-14-12-24-25(18-32)27-20-28-26(24)30-22-8-10-23(11-9-22)35-19-21-6-4-3-5-7-21/h3-12,14,18,20,29-30H,13,15-17,19H2,1-2H3,(H,27,28). The monoisotopic (exact) mass is 508 g/mol. The van der Waals surface area contributed by atoms with Gasteiger partial charge in [-0.2, -0.15) is 0 Å². The van der Waals surface area contributed by atoms with E-state index in [1.165, 1.54) is 6.26 Å². The van der Waals surface area contributed by atoms with E-state index in [2.05, 4.69) is 21.1 Å². The molecule has 0 saturated carbocycles. The van der Waals surface area contributed by atoms with Crippen LogP contribution in [0.3, 0.4) is 0 Å². The van der Waals surface area contributed by atoms with Gasteiger partial charge in [-0.1, -0.05) is 30.3 Å². The second-order valence-electron chi connectivity index (χ2n) is 8.70. The number of sulfone groups is 1. The van der Waals surface area contributed by atoms with Crippen molar-refractivity contribution in [1.82, 2.24) is 20.7 Å². The molecule has 2 aliphatic rings. The number of nitrogens with one attached hydrogen (secondary N) is 3. The summed E-state index contributed by atoms with van der Waals surface area (Å²) in [5, 5.41) is 8.45. The van der Waals surface area contributed by atoms with E-state index in [0.29, 0.717) is 19.7 Å². The predicted octanol–water partition coefficient (Wildman–Crippen LogP) is 2.67. The van der Waals surface area contributed by atoms with Gasteiger partial charge in [0.25, 0.3) is 0 Å². The zero-order valence-electron chi connectivity index (χ0n) is 20.5. The zero-order valence-corrected chi connectivity index (χ0v) is 21.3. The molecule has 10 heteroatoms.